The van der Waals surface area contributed by atoms with Gasteiger partial charge in [0.05, 0.1) is 17.4 Å². The molecule has 0 amide bonds. The Kier molecular flexibility index (Phi) is 2.60. The molecular weight excluding hydrogens is 182 g/mol. The third-order valence-electron chi connectivity index (χ3n) is 2.24. The van der Waals surface area contributed by atoms with Crippen LogP contribution in [0, 0.1) is 0 Å². The highest BCUT2D eigenvalue weighted by Crippen LogP contribution is 2.33. The summed E-state index contributed by atoms with van der Waals surface area (Å²) in [6, 6.07) is 0. The molecule has 2 rings (SSSR count). The van der Waals surface area contributed by atoms with Gasteiger partial charge in [-0.2, -0.15) is 0 Å². The summed E-state index contributed by atoms with van der Waals surface area (Å²) in [5, 5.41) is 4.60. The lowest BCUT2D eigenvalue weighted by Crippen LogP contribution is -2.29. The second-order valence-electron chi connectivity index (χ2n) is 3.53. The molecule has 0 radical (unpaired) electrons. The van der Waals surface area contributed by atoms with Crippen LogP contribution >= 0.6 is 11.8 Å². The number of aromatic nitrogens is 2. The predicted octanol–water partition coefficient (Wildman–Crippen LogP) is 1.53. The minimum Gasteiger partial charge on any atom is -0.340 e. The molecule has 2 heterocycles. The second-order valence-corrected chi connectivity index (χ2v) is 5.08. The van der Waals surface area contributed by atoms with Gasteiger partial charge in [-0.05, 0) is 13.0 Å². The van der Waals surface area contributed by atoms with Gasteiger partial charge in [0.25, 0.3) is 0 Å². The highest BCUT2D eigenvalue weighted by atomic mass is 32.2. The van der Waals surface area contributed by atoms with Crippen LogP contribution in [-0.2, 0) is 7.05 Å². The van der Waals surface area contributed by atoms with E-state index in [1.54, 1.807) is 0 Å². The van der Waals surface area contributed by atoms with Gasteiger partial charge in [0.2, 0.25) is 0 Å². The Balaban J connectivity index is 2.08. The van der Waals surface area contributed by atoms with Crippen LogP contribution in [0.1, 0.15) is 24.4 Å². The maximum Gasteiger partial charge on any atom is 0.0980 e. The SMILES string of the molecule is CC1CCNC(c2cn(C)cn2)S1. The van der Waals surface area contributed by atoms with Crippen LogP contribution in [0.5, 0.6) is 0 Å². The van der Waals surface area contributed by atoms with Gasteiger partial charge in [-0.25, -0.2) is 4.98 Å². The van der Waals surface area contributed by atoms with Gasteiger partial charge < -0.3 is 9.88 Å². The largest absolute Gasteiger partial charge is 0.340 e. The number of aryl methyl sites for hydroxylation is 1. The number of imidazole rings is 1. The van der Waals surface area contributed by atoms with Crippen molar-refractivity contribution in [2.45, 2.75) is 24.0 Å². The zero-order valence-corrected chi connectivity index (χ0v) is 8.84. The highest BCUT2D eigenvalue weighted by molar-refractivity contribution is 8.00. The van der Waals surface area contributed by atoms with E-state index in [1.165, 1.54) is 6.42 Å². The Labute approximate surface area is 82.9 Å². The quantitative estimate of drug-likeness (QED) is 0.740. The first-order chi connectivity index (χ1) is 6.25. The average molecular weight is 197 g/mol. The fourth-order valence-corrected chi connectivity index (χ4v) is 2.70. The monoisotopic (exact) mass is 197 g/mol. The zero-order valence-electron chi connectivity index (χ0n) is 8.03. The van der Waals surface area contributed by atoms with Gasteiger partial charge >= 0.3 is 0 Å². The van der Waals surface area contributed by atoms with Crippen molar-refractivity contribution in [1.82, 2.24) is 14.9 Å². The van der Waals surface area contributed by atoms with E-state index in [9.17, 15) is 0 Å². The highest BCUT2D eigenvalue weighted by Gasteiger charge is 2.21. The lowest BCUT2D eigenvalue weighted by Gasteiger charge is -2.26. The molecule has 2 unspecified atom stereocenters. The number of nitrogens with one attached hydrogen (secondary N) is 1. The molecule has 1 aliphatic heterocycles. The summed E-state index contributed by atoms with van der Waals surface area (Å²) in [4.78, 5) is 4.35. The molecule has 1 aliphatic rings. The second kappa shape index (κ2) is 3.72. The minimum absolute atomic E-state index is 0.393. The van der Waals surface area contributed by atoms with Crippen LogP contribution in [0.3, 0.4) is 0 Å². The molecular formula is C9H15N3S. The van der Waals surface area contributed by atoms with Crippen molar-refractivity contribution in [1.29, 1.82) is 0 Å². The fourth-order valence-electron chi connectivity index (χ4n) is 1.51. The maximum atomic E-state index is 4.35. The van der Waals surface area contributed by atoms with Crippen LogP contribution in [-0.4, -0.2) is 21.3 Å². The topological polar surface area (TPSA) is 29.9 Å². The van der Waals surface area contributed by atoms with E-state index >= 15 is 0 Å². The smallest absolute Gasteiger partial charge is 0.0980 e. The Morgan fingerprint density at radius 2 is 2.54 bits per heavy atom. The molecule has 0 saturated carbocycles. The lowest BCUT2D eigenvalue weighted by molar-refractivity contribution is 0.598. The first-order valence-electron chi connectivity index (χ1n) is 4.62. The Hall–Kier alpha value is -0.480. The van der Waals surface area contributed by atoms with E-state index in [0.717, 1.165) is 17.5 Å². The minimum atomic E-state index is 0.393. The third kappa shape index (κ3) is 2.06. The van der Waals surface area contributed by atoms with Crippen LogP contribution in [0.25, 0.3) is 0 Å². The first kappa shape index (κ1) is 9.09. The Morgan fingerprint density at radius 1 is 1.69 bits per heavy atom. The number of hydrogen-bond donors (Lipinski definition) is 1. The summed E-state index contributed by atoms with van der Waals surface area (Å²) in [6.07, 6.45) is 5.20. The molecule has 2 atom stereocenters. The van der Waals surface area contributed by atoms with Gasteiger partial charge in [0.15, 0.2) is 0 Å². The molecule has 72 valence electrons. The molecule has 0 spiro atoms. The molecule has 0 aromatic carbocycles. The first-order valence-corrected chi connectivity index (χ1v) is 5.56. The molecule has 4 heteroatoms. The Morgan fingerprint density at radius 3 is 3.15 bits per heavy atom. The van der Waals surface area contributed by atoms with E-state index in [1.807, 2.05) is 29.7 Å². The molecule has 1 saturated heterocycles. The van der Waals surface area contributed by atoms with E-state index in [-0.39, 0.29) is 0 Å². The van der Waals surface area contributed by atoms with Crippen molar-refractivity contribution in [3.8, 4) is 0 Å². The summed E-state index contributed by atoms with van der Waals surface area (Å²) in [5.41, 5.74) is 1.15. The van der Waals surface area contributed by atoms with Crippen LogP contribution < -0.4 is 5.32 Å². The van der Waals surface area contributed by atoms with Gasteiger partial charge in [0, 0.05) is 18.5 Å². The van der Waals surface area contributed by atoms with Crippen molar-refractivity contribution >= 4 is 11.8 Å². The molecule has 1 aromatic rings. The molecule has 1 aromatic heterocycles. The third-order valence-corrected chi connectivity index (χ3v) is 3.62. The van der Waals surface area contributed by atoms with Crippen LogP contribution in [0.15, 0.2) is 12.5 Å². The number of nitrogens with zero attached hydrogens (tertiary/aromatic N) is 2. The summed E-state index contributed by atoms with van der Waals surface area (Å²) in [5.74, 6) is 0. The Bertz CT molecular complexity index is 284. The average Bonchev–Trinajstić information content (AvgIpc) is 2.52. The molecule has 3 nitrogen and oxygen atoms in total. The van der Waals surface area contributed by atoms with Crippen LogP contribution in [0.2, 0.25) is 0 Å². The molecule has 13 heavy (non-hydrogen) atoms. The normalized spacial score (nSPS) is 29.1. The van der Waals surface area contributed by atoms with Gasteiger partial charge in [0.1, 0.15) is 0 Å². The number of thioether (sulfide) groups is 1. The fraction of sp³-hybridized carbons (Fsp3) is 0.667. The van der Waals surface area contributed by atoms with E-state index in [4.69, 9.17) is 0 Å². The summed E-state index contributed by atoms with van der Waals surface area (Å²) in [7, 11) is 2.01. The number of hydrogen-bond acceptors (Lipinski definition) is 3. The standard InChI is InChI=1S/C9H15N3S/c1-7-3-4-10-9(13-7)8-5-12(2)6-11-8/h5-7,9-10H,3-4H2,1-2H3. The summed E-state index contributed by atoms with van der Waals surface area (Å²) in [6.45, 7) is 3.39. The zero-order chi connectivity index (χ0) is 9.26. The van der Waals surface area contributed by atoms with Crippen LogP contribution in [0.4, 0.5) is 0 Å². The van der Waals surface area contributed by atoms with Gasteiger partial charge in [-0.1, -0.05) is 6.92 Å². The molecule has 0 aliphatic carbocycles. The van der Waals surface area contributed by atoms with Gasteiger partial charge in [-0.15, -0.1) is 11.8 Å². The van der Waals surface area contributed by atoms with Crippen molar-refractivity contribution in [2.24, 2.45) is 7.05 Å². The summed E-state index contributed by atoms with van der Waals surface area (Å²) < 4.78 is 2.00. The van der Waals surface area contributed by atoms with Crippen molar-refractivity contribution < 1.29 is 0 Å². The van der Waals surface area contributed by atoms with E-state index in [2.05, 4.69) is 23.4 Å². The lowest BCUT2D eigenvalue weighted by atomic mass is 10.3. The maximum absolute atomic E-state index is 4.35. The van der Waals surface area contributed by atoms with Gasteiger partial charge in [-0.3, -0.25) is 0 Å². The van der Waals surface area contributed by atoms with Crippen molar-refractivity contribution in [2.75, 3.05) is 6.54 Å². The summed E-state index contributed by atoms with van der Waals surface area (Å²) >= 11 is 1.97. The molecule has 1 fully saturated rings. The molecule has 1 N–H and O–H groups in total. The van der Waals surface area contributed by atoms with Crippen molar-refractivity contribution in [3.63, 3.8) is 0 Å². The number of rotatable bonds is 1. The van der Waals surface area contributed by atoms with Crippen molar-refractivity contribution in [3.05, 3.63) is 18.2 Å². The van der Waals surface area contributed by atoms with E-state index < -0.39 is 0 Å². The molecule has 0 bridgehead atoms. The van der Waals surface area contributed by atoms with E-state index in [0.29, 0.717) is 5.37 Å². The predicted molar refractivity (Wildman–Crippen MR) is 55.6 cm³/mol.